The molecule has 1 N–H and O–H groups in total. The van der Waals surface area contributed by atoms with Crippen molar-refractivity contribution in [3.8, 4) is 11.5 Å². The highest BCUT2D eigenvalue weighted by molar-refractivity contribution is 6.32. The Balaban J connectivity index is 2.01. The van der Waals surface area contributed by atoms with E-state index in [4.69, 9.17) is 25.8 Å². The molecule has 0 aliphatic carbocycles. The first-order chi connectivity index (χ1) is 15.8. The van der Waals surface area contributed by atoms with Crippen molar-refractivity contribution in [2.24, 2.45) is 0 Å². The van der Waals surface area contributed by atoms with Crippen LogP contribution in [0.2, 0.25) is 5.02 Å². The Morgan fingerprint density at radius 2 is 1.85 bits per heavy atom. The average Bonchev–Trinajstić information content (AvgIpc) is 2.79. The fraction of sp³-hybridized carbons (Fsp3) is 0.375. The van der Waals surface area contributed by atoms with Crippen molar-refractivity contribution in [2.75, 3.05) is 38.7 Å². The zero-order valence-corrected chi connectivity index (χ0v) is 20.0. The molecule has 2 aromatic carbocycles. The predicted molar refractivity (Wildman–Crippen MR) is 126 cm³/mol. The number of rotatable bonds is 11. The summed E-state index contributed by atoms with van der Waals surface area (Å²) >= 11 is 6.19. The summed E-state index contributed by atoms with van der Waals surface area (Å²) in [5, 5.41) is 2.99. The van der Waals surface area contributed by atoms with Gasteiger partial charge in [0.05, 0.1) is 30.8 Å². The Morgan fingerprint density at radius 3 is 2.48 bits per heavy atom. The second-order valence-corrected chi connectivity index (χ2v) is 7.58. The van der Waals surface area contributed by atoms with Crippen LogP contribution in [0.4, 0.5) is 5.69 Å². The standard InChI is InChI=1S/C24H29ClN2O6/c1-5-11-27(14-21(28)26-19-10-8-7-9-16(19)3)22(29)15-33-24(30)17-12-18(25)23(32-6-2)20(13-17)31-4/h7-10,12-13H,5-6,11,14-15H2,1-4H3,(H,26,28). The molecule has 0 bridgehead atoms. The fourth-order valence-electron chi connectivity index (χ4n) is 3.06. The largest absolute Gasteiger partial charge is 0.493 e. The monoisotopic (exact) mass is 476 g/mol. The molecule has 0 fully saturated rings. The molecule has 0 heterocycles. The van der Waals surface area contributed by atoms with Crippen LogP contribution in [-0.2, 0) is 14.3 Å². The van der Waals surface area contributed by atoms with Gasteiger partial charge in [0.25, 0.3) is 5.91 Å². The van der Waals surface area contributed by atoms with Crippen LogP contribution in [-0.4, -0.2) is 56.1 Å². The van der Waals surface area contributed by atoms with Gasteiger partial charge in [0.15, 0.2) is 18.1 Å². The first-order valence-electron chi connectivity index (χ1n) is 10.6. The Hall–Kier alpha value is -3.26. The number of aryl methyl sites for hydroxylation is 1. The van der Waals surface area contributed by atoms with E-state index in [1.165, 1.54) is 24.1 Å². The van der Waals surface area contributed by atoms with Crippen molar-refractivity contribution in [1.29, 1.82) is 0 Å². The van der Waals surface area contributed by atoms with Crippen LogP contribution in [0.15, 0.2) is 36.4 Å². The molecule has 0 spiro atoms. The van der Waals surface area contributed by atoms with Crippen molar-refractivity contribution >= 4 is 35.1 Å². The number of halogens is 1. The number of methoxy groups -OCH3 is 1. The van der Waals surface area contributed by atoms with E-state index in [0.717, 1.165) is 5.56 Å². The highest BCUT2D eigenvalue weighted by atomic mass is 35.5. The third-order valence-electron chi connectivity index (χ3n) is 4.68. The van der Waals surface area contributed by atoms with E-state index >= 15 is 0 Å². The maximum atomic E-state index is 12.7. The molecule has 0 saturated carbocycles. The SMILES string of the molecule is CCCN(CC(=O)Nc1ccccc1C)C(=O)COC(=O)c1cc(Cl)c(OCC)c(OC)c1. The molecule has 0 aliphatic heterocycles. The van der Waals surface area contributed by atoms with E-state index in [2.05, 4.69) is 5.32 Å². The quantitative estimate of drug-likeness (QED) is 0.491. The van der Waals surface area contributed by atoms with Crippen LogP contribution >= 0.6 is 11.6 Å². The van der Waals surface area contributed by atoms with Gasteiger partial charge in [-0.05, 0) is 44.0 Å². The molecule has 9 heteroatoms. The summed E-state index contributed by atoms with van der Waals surface area (Å²) in [5.74, 6) is -0.951. The van der Waals surface area contributed by atoms with Crippen LogP contribution in [0.1, 0.15) is 36.2 Å². The number of amides is 2. The van der Waals surface area contributed by atoms with E-state index in [9.17, 15) is 14.4 Å². The number of anilines is 1. The lowest BCUT2D eigenvalue weighted by molar-refractivity contribution is -0.137. The number of carbonyl (C=O) groups is 3. The molecular formula is C24H29ClN2O6. The van der Waals surface area contributed by atoms with Gasteiger partial charge < -0.3 is 24.4 Å². The number of benzene rings is 2. The van der Waals surface area contributed by atoms with E-state index < -0.39 is 18.5 Å². The maximum Gasteiger partial charge on any atom is 0.338 e. The summed E-state index contributed by atoms with van der Waals surface area (Å²) in [6, 6.07) is 10.2. The van der Waals surface area contributed by atoms with Gasteiger partial charge in [-0.2, -0.15) is 0 Å². The van der Waals surface area contributed by atoms with Crippen molar-refractivity contribution in [3.63, 3.8) is 0 Å². The van der Waals surface area contributed by atoms with Crippen LogP contribution in [0, 0.1) is 6.92 Å². The smallest absolute Gasteiger partial charge is 0.338 e. The second-order valence-electron chi connectivity index (χ2n) is 7.18. The lowest BCUT2D eigenvalue weighted by atomic mass is 10.2. The Kier molecular flexibility index (Phi) is 10.00. The van der Waals surface area contributed by atoms with Crippen molar-refractivity contribution in [1.82, 2.24) is 4.90 Å². The molecule has 0 atom stereocenters. The number of nitrogens with one attached hydrogen (secondary N) is 1. The highest BCUT2D eigenvalue weighted by Crippen LogP contribution is 2.36. The van der Waals surface area contributed by atoms with Gasteiger partial charge >= 0.3 is 5.97 Å². The molecule has 33 heavy (non-hydrogen) atoms. The number of nitrogens with zero attached hydrogens (tertiary/aromatic N) is 1. The Morgan fingerprint density at radius 1 is 1.12 bits per heavy atom. The van der Waals surface area contributed by atoms with Gasteiger partial charge in [-0.15, -0.1) is 0 Å². The molecule has 2 amide bonds. The van der Waals surface area contributed by atoms with Crippen molar-refractivity contribution in [2.45, 2.75) is 27.2 Å². The predicted octanol–water partition coefficient (Wildman–Crippen LogP) is 4.09. The molecule has 8 nitrogen and oxygen atoms in total. The second kappa shape index (κ2) is 12.7. The first-order valence-corrected chi connectivity index (χ1v) is 11.0. The molecule has 0 aliphatic rings. The zero-order chi connectivity index (χ0) is 24.4. The Labute approximate surface area is 198 Å². The summed E-state index contributed by atoms with van der Waals surface area (Å²) < 4.78 is 15.8. The van der Waals surface area contributed by atoms with Gasteiger partial charge in [0, 0.05) is 12.2 Å². The molecule has 2 aromatic rings. The van der Waals surface area contributed by atoms with Crippen LogP contribution < -0.4 is 14.8 Å². The number of para-hydroxylation sites is 1. The van der Waals surface area contributed by atoms with E-state index in [-0.39, 0.29) is 28.8 Å². The van der Waals surface area contributed by atoms with Gasteiger partial charge in [0.2, 0.25) is 5.91 Å². The minimum absolute atomic E-state index is 0.118. The molecule has 178 valence electrons. The number of esters is 1. The Bertz CT molecular complexity index is 995. The summed E-state index contributed by atoms with van der Waals surface area (Å²) in [6.45, 7) is 5.63. The molecule has 0 saturated heterocycles. The van der Waals surface area contributed by atoms with E-state index in [1.807, 2.05) is 32.0 Å². The summed E-state index contributed by atoms with van der Waals surface area (Å²) in [7, 11) is 1.43. The van der Waals surface area contributed by atoms with Crippen LogP contribution in [0.25, 0.3) is 0 Å². The summed E-state index contributed by atoms with van der Waals surface area (Å²) in [5.41, 5.74) is 1.71. The molecule has 2 rings (SSSR count). The minimum atomic E-state index is -0.743. The molecule has 0 radical (unpaired) electrons. The first kappa shape index (κ1) is 26.0. The highest BCUT2D eigenvalue weighted by Gasteiger charge is 2.21. The minimum Gasteiger partial charge on any atom is -0.493 e. The van der Waals surface area contributed by atoms with Crippen molar-refractivity contribution < 1.29 is 28.6 Å². The van der Waals surface area contributed by atoms with Gasteiger partial charge in [0.1, 0.15) is 0 Å². The van der Waals surface area contributed by atoms with Crippen LogP contribution in [0.3, 0.4) is 0 Å². The summed E-state index contributed by atoms with van der Waals surface area (Å²) in [4.78, 5) is 39.0. The van der Waals surface area contributed by atoms with Crippen molar-refractivity contribution in [3.05, 3.63) is 52.5 Å². The topological polar surface area (TPSA) is 94.2 Å². The third kappa shape index (κ3) is 7.39. The number of hydrogen-bond donors (Lipinski definition) is 1. The third-order valence-corrected chi connectivity index (χ3v) is 4.96. The van der Waals surface area contributed by atoms with E-state index in [1.54, 1.807) is 13.0 Å². The van der Waals surface area contributed by atoms with Crippen LogP contribution in [0.5, 0.6) is 11.5 Å². The van der Waals surface area contributed by atoms with Gasteiger partial charge in [-0.1, -0.05) is 36.7 Å². The lowest BCUT2D eigenvalue weighted by Crippen LogP contribution is -2.40. The maximum absolute atomic E-state index is 12.7. The normalized spacial score (nSPS) is 10.3. The molecule has 0 aromatic heterocycles. The number of ether oxygens (including phenoxy) is 3. The van der Waals surface area contributed by atoms with Gasteiger partial charge in [-0.25, -0.2) is 4.79 Å². The zero-order valence-electron chi connectivity index (χ0n) is 19.3. The molecule has 0 unspecified atom stereocenters. The molecular weight excluding hydrogens is 448 g/mol. The number of hydrogen-bond acceptors (Lipinski definition) is 6. The number of carbonyl (C=O) groups excluding carboxylic acids is 3. The lowest BCUT2D eigenvalue weighted by Gasteiger charge is -2.22. The van der Waals surface area contributed by atoms with Gasteiger partial charge in [-0.3, -0.25) is 9.59 Å². The summed E-state index contributed by atoms with van der Waals surface area (Å²) in [6.07, 6.45) is 0.642. The van der Waals surface area contributed by atoms with E-state index in [0.29, 0.717) is 31.0 Å². The average molecular weight is 477 g/mol. The fourth-order valence-corrected chi connectivity index (χ4v) is 3.33.